The fourth-order valence-electron chi connectivity index (χ4n) is 1.69. The maximum atomic E-state index is 11.6. The lowest BCUT2D eigenvalue weighted by Crippen LogP contribution is -2.35. The smallest absolute Gasteiger partial charge is 0.304 e. The average molecular weight is 301 g/mol. The van der Waals surface area contributed by atoms with Crippen LogP contribution in [0.5, 0.6) is 5.75 Å². The van der Waals surface area contributed by atoms with Gasteiger partial charge in [-0.1, -0.05) is 12.1 Å². The molecule has 0 bridgehead atoms. The van der Waals surface area contributed by atoms with E-state index < -0.39 is 28.2 Å². The van der Waals surface area contributed by atoms with Gasteiger partial charge in [0.2, 0.25) is 10.0 Å². The van der Waals surface area contributed by atoms with Crippen LogP contribution in [0.15, 0.2) is 24.3 Å². The van der Waals surface area contributed by atoms with Crippen molar-refractivity contribution in [3.05, 3.63) is 29.8 Å². The highest BCUT2D eigenvalue weighted by atomic mass is 32.2. The molecule has 7 heteroatoms. The summed E-state index contributed by atoms with van der Waals surface area (Å²) in [6.45, 7) is 1.73. The highest BCUT2D eigenvalue weighted by molar-refractivity contribution is 7.89. The third-order valence-electron chi connectivity index (χ3n) is 2.77. The quantitative estimate of drug-likeness (QED) is 0.667. The van der Waals surface area contributed by atoms with Crippen LogP contribution in [0.2, 0.25) is 0 Å². The zero-order valence-electron chi connectivity index (χ0n) is 11.2. The SMILES string of the molecule is CC(CCc1ccc(O)cc1)NS(=O)(=O)CCC(=O)O. The number of hydrogen-bond acceptors (Lipinski definition) is 4. The van der Waals surface area contributed by atoms with Crippen LogP contribution in [-0.2, 0) is 21.2 Å². The summed E-state index contributed by atoms with van der Waals surface area (Å²) in [5.41, 5.74) is 0.999. The van der Waals surface area contributed by atoms with Crippen LogP contribution in [0.3, 0.4) is 0 Å². The van der Waals surface area contributed by atoms with E-state index in [1.54, 1.807) is 31.2 Å². The van der Waals surface area contributed by atoms with Gasteiger partial charge in [-0.3, -0.25) is 4.79 Å². The minimum Gasteiger partial charge on any atom is -0.508 e. The first-order chi connectivity index (χ1) is 9.28. The van der Waals surface area contributed by atoms with E-state index in [0.29, 0.717) is 12.8 Å². The Balaban J connectivity index is 2.41. The Morgan fingerprint density at radius 1 is 1.30 bits per heavy atom. The number of carboxylic acids is 1. The molecule has 0 aliphatic heterocycles. The van der Waals surface area contributed by atoms with Crippen molar-refractivity contribution >= 4 is 16.0 Å². The summed E-state index contributed by atoms with van der Waals surface area (Å²) in [5.74, 6) is -1.35. The van der Waals surface area contributed by atoms with Crippen LogP contribution < -0.4 is 4.72 Å². The van der Waals surface area contributed by atoms with E-state index in [4.69, 9.17) is 10.2 Å². The van der Waals surface area contributed by atoms with Crippen molar-refractivity contribution in [2.24, 2.45) is 0 Å². The van der Waals surface area contributed by atoms with E-state index in [9.17, 15) is 13.2 Å². The molecule has 3 N–H and O–H groups in total. The number of benzene rings is 1. The minimum atomic E-state index is -3.56. The molecule has 1 unspecified atom stereocenters. The monoisotopic (exact) mass is 301 g/mol. The third kappa shape index (κ3) is 6.53. The van der Waals surface area contributed by atoms with Crippen molar-refractivity contribution < 1.29 is 23.4 Å². The van der Waals surface area contributed by atoms with Gasteiger partial charge in [0, 0.05) is 6.04 Å². The number of phenolic OH excluding ortho intramolecular Hbond substituents is 1. The molecule has 0 radical (unpaired) electrons. The molecule has 20 heavy (non-hydrogen) atoms. The summed E-state index contributed by atoms with van der Waals surface area (Å²) in [7, 11) is -3.56. The largest absolute Gasteiger partial charge is 0.508 e. The van der Waals surface area contributed by atoms with Crippen molar-refractivity contribution in [1.29, 1.82) is 0 Å². The molecule has 6 nitrogen and oxygen atoms in total. The lowest BCUT2D eigenvalue weighted by atomic mass is 10.1. The Morgan fingerprint density at radius 2 is 1.90 bits per heavy atom. The second-order valence-electron chi connectivity index (χ2n) is 4.69. The fourth-order valence-corrected chi connectivity index (χ4v) is 2.98. The highest BCUT2D eigenvalue weighted by Gasteiger charge is 2.15. The Kier molecular flexibility index (Phi) is 5.97. The van der Waals surface area contributed by atoms with Gasteiger partial charge in [-0.25, -0.2) is 13.1 Å². The summed E-state index contributed by atoms with van der Waals surface area (Å²) in [4.78, 5) is 10.4. The van der Waals surface area contributed by atoms with Crippen LogP contribution in [0, 0.1) is 0 Å². The predicted octanol–water partition coefficient (Wildman–Crippen LogP) is 1.11. The van der Waals surface area contributed by atoms with Crippen molar-refractivity contribution in [2.45, 2.75) is 32.2 Å². The Labute approximate surface area is 118 Å². The van der Waals surface area contributed by atoms with E-state index >= 15 is 0 Å². The lowest BCUT2D eigenvalue weighted by molar-refractivity contribution is -0.136. The van der Waals surface area contributed by atoms with Crippen molar-refractivity contribution in [1.82, 2.24) is 4.72 Å². The van der Waals surface area contributed by atoms with E-state index in [2.05, 4.69) is 4.72 Å². The third-order valence-corrected chi connectivity index (χ3v) is 4.27. The van der Waals surface area contributed by atoms with Gasteiger partial charge in [-0.2, -0.15) is 0 Å². The van der Waals surface area contributed by atoms with Crippen LogP contribution >= 0.6 is 0 Å². The number of aryl methyl sites for hydroxylation is 1. The number of carboxylic acid groups (broad SMARTS) is 1. The number of hydrogen-bond donors (Lipinski definition) is 3. The maximum absolute atomic E-state index is 11.6. The van der Waals surface area contributed by atoms with E-state index in [1.807, 2.05) is 0 Å². The summed E-state index contributed by atoms with van der Waals surface area (Å²) in [6.07, 6.45) is 0.861. The Hall–Kier alpha value is -1.60. The normalized spacial score (nSPS) is 13.1. The molecule has 1 aromatic rings. The Morgan fingerprint density at radius 3 is 2.45 bits per heavy atom. The molecule has 112 valence electrons. The van der Waals surface area contributed by atoms with Crippen LogP contribution in [0.1, 0.15) is 25.3 Å². The van der Waals surface area contributed by atoms with Crippen molar-refractivity contribution in [3.63, 3.8) is 0 Å². The van der Waals surface area contributed by atoms with E-state index in [-0.39, 0.29) is 11.8 Å². The van der Waals surface area contributed by atoms with Crippen molar-refractivity contribution in [3.8, 4) is 5.75 Å². The number of nitrogens with one attached hydrogen (secondary N) is 1. The molecular formula is C13H19NO5S. The molecule has 0 spiro atoms. The molecule has 0 aliphatic carbocycles. The second-order valence-corrected chi connectivity index (χ2v) is 6.56. The molecule has 1 rings (SSSR count). The number of aliphatic carboxylic acids is 1. The van der Waals surface area contributed by atoms with Gasteiger partial charge in [0.25, 0.3) is 0 Å². The number of carbonyl (C=O) groups is 1. The molecule has 1 atom stereocenters. The first-order valence-corrected chi connectivity index (χ1v) is 7.93. The summed E-state index contributed by atoms with van der Waals surface area (Å²) in [6, 6.07) is 6.44. The second kappa shape index (κ2) is 7.25. The number of rotatable bonds is 8. The molecule has 0 aromatic heterocycles. The average Bonchev–Trinajstić information content (AvgIpc) is 2.35. The maximum Gasteiger partial charge on any atom is 0.304 e. The topological polar surface area (TPSA) is 104 Å². The summed E-state index contributed by atoms with van der Waals surface area (Å²) in [5, 5.41) is 17.6. The number of phenols is 1. The van der Waals surface area contributed by atoms with Crippen LogP contribution in [0.4, 0.5) is 0 Å². The van der Waals surface area contributed by atoms with E-state index in [0.717, 1.165) is 5.56 Å². The molecule has 0 saturated carbocycles. The van der Waals surface area contributed by atoms with Crippen LogP contribution in [-0.4, -0.2) is 36.4 Å². The zero-order valence-corrected chi connectivity index (χ0v) is 12.1. The van der Waals surface area contributed by atoms with E-state index in [1.165, 1.54) is 0 Å². The zero-order chi connectivity index (χ0) is 15.2. The standard InChI is InChI=1S/C13H19NO5S/c1-10(14-20(18,19)9-8-13(16)17)2-3-11-4-6-12(15)7-5-11/h4-7,10,14-15H,2-3,8-9H2,1H3,(H,16,17). The predicted molar refractivity (Wildman–Crippen MR) is 75.1 cm³/mol. The number of aromatic hydroxyl groups is 1. The highest BCUT2D eigenvalue weighted by Crippen LogP contribution is 2.12. The minimum absolute atomic E-state index is 0.191. The molecular weight excluding hydrogens is 282 g/mol. The summed E-state index contributed by atoms with van der Waals surface area (Å²) >= 11 is 0. The van der Waals surface area contributed by atoms with Gasteiger partial charge in [-0.05, 0) is 37.5 Å². The lowest BCUT2D eigenvalue weighted by Gasteiger charge is -2.13. The Bertz CT molecular complexity index is 538. The molecule has 0 amide bonds. The van der Waals surface area contributed by atoms with Crippen LogP contribution in [0.25, 0.3) is 0 Å². The first kappa shape index (κ1) is 16.5. The molecule has 1 aromatic carbocycles. The molecule has 0 fully saturated rings. The van der Waals surface area contributed by atoms with Gasteiger partial charge < -0.3 is 10.2 Å². The van der Waals surface area contributed by atoms with Gasteiger partial charge in [0.05, 0.1) is 12.2 Å². The first-order valence-electron chi connectivity index (χ1n) is 6.28. The summed E-state index contributed by atoms with van der Waals surface area (Å²) < 4.78 is 25.6. The van der Waals surface area contributed by atoms with Gasteiger partial charge in [-0.15, -0.1) is 0 Å². The fraction of sp³-hybridized carbons (Fsp3) is 0.462. The van der Waals surface area contributed by atoms with Crippen molar-refractivity contribution in [2.75, 3.05) is 5.75 Å². The van der Waals surface area contributed by atoms with Gasteiger partial charge in [0.15, 0.2) is 0 Å². The molecule has 0 heterocycles. The molecule has 0 aliphatic rings. The molecule has 0 saturated heterocycles. The number of sulfonamides is 1. The van der Waals surface area contributed by atoms with Gasteiger partial charge >= 0.3 is 5.97 Å². The van der Waals surface area contributed by atoms with Gasteiger partial charge in [0.1, 0.15) is 5.75 Å².